The Morgan fingerprint density at radius 1 is 1.10 bits per heavy atom. The zero-order valence-electron chi connectivity index (χ0n) is 16.9. The zero-order valence-corrected chi connectivity index (χ0v) is 16.9. The van der Waals surface area contributed by atoms with Gasteiger partial charge in [-0.1, -0.05) is 6.07 Å². The van der Waals surface area contributed by atoms with Crippen LogP contribution in [0, 0.1) is 5.82 Å². The molecule has 0 atom stereocenters. The summed E-state index contributed by atoms with van der Waals surface area (Å²) in [6.07, 6.45) is 1.82. The van der Waals surface area contributed by atoms with Crippen molar-refractivity contribution in [1.82, 2.24) is 4.90 Å². The minimum absolute atomic E-state index is 0.291. The summed E-state index contributed by atoms with van der Waals surface area (Å²) < 4.78 is 30.4. The first-order valence-corrected chi connectivity index (χ1v) is 9.88. The van der Waals surface area contributed by atoms with Gasteiger partial charge in [0.2, 0.25) is 0 Å². The SMILES string of the molecule is COc1ccc(CN2Cc3cc(O)c(F)cc3N(C3CCOCC3)C2)cc1OC. The fourth-order valence-corrected chi connectivity index (χ4v) is 4.22. The number of rotatable bonds is 5. The Kier molecular flexibility index (Phi) is 5.78. The van der Waals surface area contributed by atoms with Crippen LogP contribution < -0.4 is 14.4 Å². The molecule has 1 fully saturated rings. The third-order valence-electron chi connectivity index (χ3n) is 5.69. The molecule has 6 nitrogen and oxygen atoms in total. The maximum Gasteiger partial charge on any atom is 0.166 e. The van der Waals surface area contributed by atoms with Gasteiger partial charge in [-0.05, 0) is 42.2 Å². The molecule has 156 valence electrons. The van der Waals surface area contributed by atoms with Crippen molar-refractivity contribution in [3.05, 3.63) is 47.3 Å². The molecule has 0 bridgehead atoms. The van der Waals surface area contributed by atoms with Crippen LogP contribution in [0.1, 0.15) is 24.0 Å². The van der Waals surface area contributed by atoms with E-state index in [1.54, 1.807) is 20.3 Å². The van der Waals surface area contributed by atoms with Crippen LogP contribution in [-0.2, 0) is 17.8 Å². The molecule has 0 radical (unpaired) electrons. The van der Waals surface area contributed by atoms with E-state index in [1.165, 1.54) is 6.07 Å². The second kappa shape index (κ2) is 8.47. The summed E-state index contributed by atoms with van der Waals surface area (Å²) in [5, 5.41) is 9.91. The van der Waals surface area contributed by atoms with Crippen molar-refractivity contribution >= 4 is 5.69 Å². The third kappa shape index (κ3) is 4.11. The lowest BCUT2D eigenvalue weighted by Gasteiger charge is -2.44. The summed E-state index contributed by atoms with van der Waals surface area (Å²) in [6.45, 7) is 3.46. The van der Waals surface area contributed by atoms with Gasteiger partial charge < -0.3 is 24.2 Å². The average Bonchev–Trinajstić information content (AvgIpc) is 2.75. The Bertz CT molecular complexity index is 870. The number of benzene rings is 2. The number of anilines is 1. The number of nitrogens with zero attached hydrogens (tertiary/aromatic N) is 2. The Morgan fingerprint density at radius 2 is 1.86 bits per heavy atom. The quantitative estimate of drug-likeness (QED) is 0.826. The summed E-state index contributed by atoms with van der Waals surface area (Å²) in [5.74, 6) is 0.519. The molecular formula is C22H27FN2O4. The molecule has 0 spiro atoms. The summed E-state index contributed by atoms with van der Waals surface area (Å²) in [7, 11) is 3.25. The maximum absolute atomic E-state index is 14.1. The second-order valence-corrected chi connectivity index (χ2v) is 7.56. The highest BCUT2D eigenvalue weighted by molar-refractivity contribution is 5.59. The van der Waals surface area contributed by atoms with Gasteiger partial charge in [-0.15, -0.1) is 0 Å². The maximum atomic E-state index is 14.1. The van der Waals surface area contributed by atoms with Gasteiger partial charge >= 0.3 is 0 Å². The van der Waals surface area contributed by atoms with E-state index in [4.69, 9.17) is 14.2 Å². The predicted molar refractivity (Wildman–Crippen MR) is 108 cm³/mol. The number of ether oxygens (including phenoxy) is 3. The molecule has 0 saturated carbocycles. The molecule has 2 aromatic carbocycles. The number of phenols is 1. The Morgan fingerprint density at radius 3 is 2.59 bits per heavy atom. The third-order valence-corrected chi connectivity index (χ3v) is 5.69. The molecule has 0 aromatic heterocycles. The first kappa shape index (κ1) is 19.8. The lowest BCUT2D eigenvalue weighted by Crippen LogP contribution is -2.49. The Hall–Kier alpha value is -2.51. The first-order chi connectivity index (χ1) is 14.1. The van der Waals surface area contributed by atoms with E-state index >= 15 is 0 Å². The van der Waals surface area contributed by atoms with Crippen molar-refractivity contribution < 1.29 is 23.7 Å². The van der Waals surface area contributed by atoms with Crippen LogP contribution in [0.3, 0.4) is 0 Å². The minimum atomic E-state index is -0.575. The molecule has 0 amide bonds. The number of fused-ring (bicyclic) bond motifs is 1. The Labute approximate surface area is 170 Å². The van der Waals surface area contributed by atoms with Gasteiger partial charge in [0.15, 0.2) is 23.1 Å². The van der Waals surface area contributed by atoms with Gasteiger partial charge in [-0.25, -0.2) is 4.39 Å². The van der Waals surface area contributed by atoms with Gasteiger partial charge in [0.05, 0.1) is 20.9 Å². The fourth-order valence-electron chi connectivity index (χ4n) is 4.22. The van der Waals surface area contributed by atoms with E-state index in [0.29, 0.717) is 50.5 Å². The predicted octanol–water partition coefficient (Wildman–Crippen LogP) is 3.51. The molecule has 29 heavy (non-hydrogen) atoms. The number of methoxy groups -OCH3 is 2. The van der Waals surface area contributed by atoms with Gasteiger partial charge in [-0.2, -0.15) is 0 Å². The van der Waals surface area contributed by atoms with Crippen LogP contribution >= 0.6 is 0 Å². The van der Waals surface area contributed by atoms with Crippen molar-refractivity contribution in [2.45, 2.75) is 32.0 Å². The average molecular weight is 402 g/mol. The summed E-state index contributed by atoms with van der Waals surface area (Å²) in [5.41, 5.74) is 2.90. The number of hydrogen-bond donors (Lipinski definition) is 1. The molecule has 4 rings (SSSR count). The highest BCUT2D eigenvalue weighted by Gasteiger charge is 2.30. The molecular weight excluding hydrogens is 375 g/mol. The van der Waals surface area contributed by atoms with Crippen molar-refractivity contribution in [2.75, 3.05) is 39.0 Å². The first-order valence-electron chi connectivity index (χ1n) is 9.88. The molecule has 1 saturated heterocycles. The van der Waals surface area contributed by atoms with E-state index in [2.05, 4.69) is 9.80 Å². The smallest absolute Gasteiger partial charge is 0.166 e. The standard InChI is InChI=1S/C22H27FN2O4/c1-27-21-4-3-15(9-22(21)28-2)12-24-13-16-10-20(26)18(23)11-19(16)25(14-24)17-5-7-29-8-6-17/h3-4,9-11,17,26H,5-8,12-14H2,1-2H3. The summed E-state index contributed by atoms with van der Waals surface area (Å²) >= 11 is 0. The number of halogens is 1. The van der Waals surface area contributed by atoms with E-state index in [9.17, 15) is 9.50 Å². The van der Waals surface area contributed by atoms with E-state index in [0.717, 1.165) is 29.7 Å². The zero-order chi connectivity index (χ0) is 20.4. The molecule has 2 aliphatic heterocycles. The molecule has 0 aliphatic carbocycles. The van der Waals surface area contributed by atoms with Crippen molar-refractivity contribution in [2.24, 2.45) is 0 Å². The van der Waals surface area contributed by atoms with Crippen LogP contribution in [0.15, 0.2) is 30.3 Å². The van der Waals surface area contributed by atoms with E-state index in [-0.39, 0.29) is 5.75 Å². The molecule has 0 unspecified atom stereocenters. The summed E-state index contributed by atoms with van der Waals surface area (Å²) in [4.78, 5) is 4.54. The van der Waals surface area contributed by atoms with Gasteiger partial charge in [0.25, 0.3) is 0 Å². The monoisotopic (exact) mass is 402 g/mol. The number of hydrogen-bond acceptors (Lipinski definition) is 6. The lowest BCUT2D eigenvalue weighted by molar-refractivity contribution is 0.0792. The van der Waals surface area contributed by atoms with Crippen molar-refractivity contribution in [3.63, 3.8) is 0 Å². The largest absolute Gasteiger partial charge is 0.505 e. The van der Waals surface area contributed by atoms with Crippen molar-refractivity contribution in [3.8, 4) is 17.2 Å². The lowest BCUT2D eigenvalue weighted by atomic mass is 10.0. The highest BCUT2D eigenvalue weighted by Crippen LogP contribution is 2.36. The fraction of sp³-hybridized carbons (Fsp3) is 0.455. The van der Waals surface area contributed by atoms with Crippen LogP contribution in [0.2, 0.25) is 0 Å². The molecule has 2 heterocycles. The number of aromatic hydroxyl groups is 1. The molecule has 2 aliphatic rings. The Balaban J connectivity index is 1.61. The molecule has 2 aromatic rings. The van der Waals surface area contributed by atoms with Crippen LogP contribution in [0.4, 0.5) is 10.1 Å². The second-order valence-electron chi connectivity index (χ2n) is 7.56. The minimum Gasteiger partial charge on any atom is -0.505 e. The van der Waals surface area contributed by atoms with E-state index < -0.39 is 5.82 Å². The van der Waals surface area contributed by atoms with Gasteiger partial charge in [0.1, 0.15) is 0 Å². The normalized spacial score (nSPS) is 17.8. The van der Waals surface area contributed by atoms with Crippen LogP contribution in [0.25, 0.3) is 0 Å². The highest BCUT2D eigenvalue weighted by atomic mass is 19.1. The van der Waals surface area contributed by atoms with Crippen LogP contribution in [-0.4, -0.2) is 50.2 Å². The van der Waals surface area contributed by atoms with E-state index in [1.807, 2.05) is 18.2 Å². The molecule has 1 N–H and O–H groups in total. The van der Waals surface area contributed by atoms with Gasteiger partial charge in [-0.3, -0.25) is 4.90 Å². The van der Waals surface area contributed by atoms with Crippen molar-refractivity contribution in [1.29, 1.82) is 0 Å². The summed E-state index contributed by atoms with van der Waals surface area (Å²) in [6, 6.07) is 9.22. The van der Waals surface area contributed by atoms with Crippen LogP contribution in [0.5, 0.6) is 17.2 Å². The van der Waals surface area contributed by atoms with Gasteiger partial charge in [0, 0.05) is 44.1 Å². The number of phenolic OH excluding ortho intramolecular Hbond substituents is 1. The molecule has 7 heteroatoms. The topological polar surface area (TPSA) is 54.4 Å².